The Hall–Kier alpha value is -1.85. The molecule has 2 unspecified atom stereocenters. The zero-order valence-electron chi connectivity index (χ0n) is 12.7. The summed E-state index contributed by atoms with van der Waals surface area (Å²) in [5.41, 5.74) is 5.18. The molecule has 2 atom stereocenters. The van der Waals surface area contributed by atoms with Crippen molar-refractivity contribution in [3.8, 4) is 0 Å². The van der Waals surface area contributed by atoms with Crippen LogP contribution in [-0.2, 0) is 19.2 Å². The van der Waals surface area contributed by atoms with Gasteiger partial charge in [0, 0.05) is 0 Å². The van der Waals surface area contributed by atoms with Crippen LogP contribution < -0.4 is 21.7 Å². The highest BCUT2D eigenvalue weighted by Gasteiger charge is 2.22. The molecule has 10 nitrogen and oxygen atoms in total. The van der Waals surface area contributed by atoms with E-state index in [9.17, 15) is 19.2 Å². The third kappa shape index (κ3) is 9.01. The highest BCUT2D eigenvalue weighted by atomic mass is 32.2. The van der Waals surface area contributed by atoms with Crippen LogP contribution in [-0.4, -0.2) is 77.7 Å². The molecule has 23 heavy (non-hydrogen) atoms. The van der Waals surface area contributed by atoms with Gasteiger partial charge in [0.2, 0.25) is 17.7 Å². The number of nitrogens with one attached hydrogen (secondary N) is 3. The van der Waals surface area contributed by atoms with E-state index in [1.54, 1.807) is 0 Å². The molecule has 0 aromatic rings. The lowest BCUT2D eigenvalue weighted by Crippen LogP contribution is -2.52. The lowest BCUT2D eigenvalue weighted by atomic mass is 10.2. The molecule has 0 fully saturated rings. The van der Waals surface area contributed by atoms with Gasteiger partial charge in [-0.25, -0.2) is 4.79 Å². The van der Waals surface area contributed by atoms with Gasteiger partial charge in [-0.1, -0.05) is 0 Å². The first-order valence-corrected chi connectivity index (χ1v) is 8.14. The van der Waals surface area contributed by atoms with Crippen molar-refractivity contribution < 1.29 is 29.4 Å². The third-order valence-electron chi connectivity index (χ3n) is 2.69. The Balaban J connectivity index is 4.46. The molecule has 0 saturated carbocycles. The van der Waals surface area contributed by atoms with Crippen molar-refractivity contribution in [1.82, 2.24) is 16.0 Å². The summed E-state index contributed by atoms with van der Waals surface area (Å²) < 4.78 is 0. The van der Waals surface area contributed by atoms with E-state index < -0.39 is 48.9 Å². The normalized spacial score (nSPS) is 12.8. The smallest absolute Gasteiger partial charge is 0.328 e. The Morgan fingerprint density at radius 2 is 1.74 bits per heavy atom. The van der Waals surface area contributed by atoms with Crippen LogP contribution in [0.15, 0.2) is 0 Å². The summed E-state index contributed by atoms with van der Waals surface area (Å²) in [7, 11) is 0. The minimum Gasteiger partial charge on any atom is -0.480 e. The minimum absolute atomic E-state index is 0.264. The monoisotopic (exact) mass is 350 g/mol. The summed E-state index contributed by atoms with van der Waals surface area (Å²) in [6.45, 7) is -1.50. The molecule has 0 aliphatic rings. The van der Waals surface area contributed by atoms with Gasteiger partial charge in [-0.3, -0.25) is 14.4 Å². The Morgan fingerprint density at radius 1 is 1.13 bits per heavy atom. The Kier molecular flexibility index (Phi) is 10.7. The minimum atomic E-state index is -1.44. The number of nitrogens with two attached hydrogens (primary N) is 1. The number of carboxylic acid groups (broad SMARTS) is 1. The second-order valence-corrected chi connectivity index (χ2v) is 5.45. The maximum atomic E-state index is 12.0. The molecule has 11 heteroatoms. The first-order chi connectivity index (χ1) is 10.8. The highest BCUT2D eigenvalue weighted by molar-refractivity contribution is 7.98. The number of aliphatic hydroxyl groups is 1. The summed E-state index contributed by atoms with van der Waals surface area (Å²) in [6, 6.07) is -2.27. The van der Waals surface area contributed by atoms with Gasteiger partial charge in [-0.2, -0.15) is 11.8 Å². The molecule has 0 rings (SSSR count). The van der Waals surface area contributed by atoms with E-state index >= 15 is 0 Å². The molecule has 0 aliphatic carbocycles. The molecule has 0 heterocycles. The number of hydrogen-bond donors (Lipinski definition) is 6. The SMILES string of the molecule is CSCCC(NC(=O)CN)C(=O)NCC(=O)NC(CO)C(=O)O. The van der Waals surface area contributed by atoms with Crippen molar-refractivity contribution >= 4 is 35.5 Å². The van der Waals surface area contributed by atoms with E-state index in [4.69, 9.17) is 15.9 Å². The maximum absolute atomic E-state index is 12.0. The fraction of sp³-hybridized carbons (Fsp3) is 0.667. The van der Waals surface area contributed by atoms with Crippen LogP contribution in [0.1, 0.15) is 6.42 Å². The molecular weight excluding hydrogens is 328 g/mol. The molecule has 0 aromatic heterocycles. The quantitative estimate of drug-likeness (QED) is 0.227. The van der Waals surface area contributed by atoms with Crippen molar-refractivity contribution in [3.05, 3.63) is 0 Å². The van der Waals surface area contributed by atoms with E-state index in [1.807, 2.05) is 11.6 Å². The molecule has 0 aliphatic heterocycles. The van der Waals surface area contributed by atoms with Crippen molar-refractivity contribution in [1.29, 1.82) is 0 Å². The van der Waals surface area contributed by atoms with Crippen LogP contribution in [0.25, 0.3) is 0 Å². The molecule has 3 amide bonds. The van der Waals surface area contributed by atoms with Crippen LogP contribution in [0.5, 0.6) is 0 Å². The van der Waals surface area contributed by atoms with Gasteiger partial charge in [0.1, 0.15) is 12.1 Å². The van der Waals surface area contributed by atoms with Gasteiger partial charge < -0.3 is 31.9 Å². The van der Waals surface area contributed by atoms with Crippen LogP contribution in [0, 0.1) is 0 Å². The molecule has 132 valence electrons. The Morgan fingerprint density at radius 3 is 2.22 bits per heavy atom. The Bertz CT molecular complexity index is 434. The van der Waals surface area contributed by atoms with E-state index in [0.29, 0.717) is 12.2 Å². The van der Waals surface area contributed by atoms with Gasteiger partial charge >= 0.3 is 5.97 Å². The number of hydrogen-bond acceptors (Lipinski definition) is 7. The van der Waals surface area contributed by atoms with Crippen molar-refractivity contribution in [2.24, 2.45) is 5.73 Å². The Labute approximate surface area is 137 Å². The predicted molar refractivity (Wildman–Crippen MR) is 83.6 cm³/mol. The lowest BCUT2D eigenvalue weighted by Gasteiger charge is -2.18. The topological polar surface area (TPSA) is 171 Å². The molecule has 0 bridgehead atoms. The van der Waals surface area contributed by atoms with E-state index in [2.05, 4.69) is 10.6 Å². The van der Waals surface area contributed by atoms with Gasteiger partial charge in [0.05, 0.1) is 19.7 Å². The van der Waals surface area contributed by atoms with Crippen molar-refractivity contribution in [2.45, 2.75) is 18.5 Å². The summed E-state index contributed by atoms with van der Waals surface area (Å²) in [6.07, 6.45) is 2.20. The number of amides is 3. The number of aliphatic carboxylic acids is 1. The van der Waals surface area contributed by atoms with Crippen LogP contribution >= 0.6 is 11.8 Å². The van der Waals surface area contributed by atoms with E-state index in [-0.39, 0.29) is 6.54 Å². The standard InChI is InChI=1S/C12H22N4O6S/c1-23-3-2-7(15-9(18)4-13)11(20)14-5-10(19)16-8(6-17)12(21)22/h7-8,17H,2-6,13H2,1H3,(H,14,20)(H,15,18)(H,16,19)(H,21,22). The molecule has 0 saturated heterocycles. The second kappa shape index (κ2) is 11.7. The number of aliphatic hydroxyl groups excluding tert-OH is 1. The van der Waals surface area contributed by atoms with Crippen molar-refractivity contribution in [3.63, 3.8) is 0 Å². The van der Waals surface area contributed by atoms with Crippen LogP contribution in [0.2, 0.25) is 0 Å². The fourth-order valence-electron chi connectivity index (χ4n) is 1.48. The predicted octanol–water partition coefficient (Wildman–Crippen LogP) is -3.14. The average Bonchev–Trinajstić information content (AvgIpc) is 2.53. The van der Waals surface area contributed by atoms with Crippen molar-refractivity contribution in [2.75, 3.05) is 31.7 Å². The average molecular weight is 350 g/mol. The van der Waals surface area contributed by atoms with Gasteiger partial charge in [0.15, 0.2) is 0 Å². The van der Waals surface area contributed by atoms with Gasteiger partial charge in [-0.05, 0) is 18.4 Å². The second-order valence-electron chi connectivity index (χ2n) is 4.46. The summed E-state index contributed by atoms with van der Waals surface area (Å²) >= 11 is 1.49. The summed E-state index contributed by atoms with van der Waals surface area (Å²) in [5, 5.41) is 24.3. The first-order valence-electron chi connectivity index (χ1n) is 6.74. The summed E-state index contributed by atoms with van der Waals surface area (Å²) in [5.74, 6) is -2.62. The summed E-state index contributed by atoms with van der Waals surface area (Å²) in [4.78, 5) is 45.5. The van der Waals surface area contributed by atoms with E-state index in [0.717, 1.165) is 0 Å². The molecule has 0 aromatic carbocycles. The van der Waals surface area contributed by atoms with Crippen LogP contribution in [0.4, 0.5) is 0 Å². The highest BCUT2D eigenvalue weighted by Crippen LogP contribution is 2.01. The van der Waals surface area contributed by atoms with Gasteiger partial charge in [-0.15, -0.1) is 0 Å². The lowest BCUT2D eigenvalue weighted by molar-refractivity contribution is -0.142. The van der Waals surface area contributed by atoms with Crippen LogP contribution in [0.3, 0.4) is 0 Å². The number of carbonyl (C=O) groups excluding carboxylic acids is 3. The molecular formula is C12H22N4O6S. The van der Waals surface area contributed by atoms with Gasteiger partial charge in [0.25, 0.3) is 0 Å². The number of carboxylic acids is 1. The largest absolute Gasteiger partial charge is 0.480 e. The third-order valence-corrected chi connectivity index (χ3v) is 3.33. The zero-order chi connectivity index (χ0) is 17.8. The zero-order valence-corrected chi connectivity index (χ0v) is 13.5. The molecule has 0 radical (unpaired) electrons. The maximum Gasteiger partial charge on any atom is 0.328 e. The number of thioether (sulfide) groups is 1. The molecule has 7 N–H and O–H groups in total. The fourth-order valence-corrected chi connectivity index (χ4v) is 1.95. The van der Waals surface area contributed by atoms with E-state index in [1.165, 1.54) is 11.8 Å². The first kappa shape index (κ1) is 21.1. The molecule has 0 spiro atoms. The number of rotatable bonds is 11. The number of carbonyl (C=O) groups is 4.